The van der Waals surface area contributed by atoms with Crippen LogP contribution >= 0.6 is 0 Å². The van der Waals surface area contributed by atoms with E-state index >= 15 is 0 Å². The molecule has 5 nitrogen and oxygen atoms in total. The van der Waals surface area contributed by atoms with E-state index < -0.39 is 12.1 Å². The van der Waals surface area contributed by atoms with E-state index in [9.17, 15) is 9.59 Å². The third-order valence-electron chi connectivity index (χ3n) is 5.08. The lowest BCUT2D eigenvalue weighted by Gasteiger charge is -2.28. The van der Waals surface area contributed by atoms with Crippen molar-refractivity contribution in [3.63, 3.8) is 0 Å². The molecule has 0 aromatic heterocycles. The number of esters is 1. The molecular weight excluding hydrogens is 354 g/mol. The molecule has 0 aromatic rings. The van der Waals surface area contributed by atoms with Gasteiger partial charge in [-0.3, -0.25) is 9.59 Å². The molecule has 0 aliphatic carbocycles. The van der Waals surface area contributed by atoms with Crippen molar-refractivity contribution in [2.24, 2.45) is 5.92 Å². The summed E-state index contributed by atoms with van der Waals surface area (Å²) < 4.78 is 5.99. The van der Waals surface area contributed by atoms with Gasteiger partial charge in [0.15, 0.2) is 6.10 Å². The molecule has 1 N–H and O–H groups in total. The van der Waals surface area contributed by atoms with Crippen LogP contribution < -0.4 is 0 Å². The van der Waals surface area contributed by atoms with E-state index in [2.05, 4.69) is 13.8 Å². The number of rotatable bonds is 18. The van der Waals surface area contributed by atoms with Gasteiger partial charge in [-0.2, -0.15) is 0 Å². The fourth-order valence-electron chi connectivity index (χ4n) is 3.55. The van der Waals surface area contributed by atoms with Gasteiger partial charge in [0, 0.05) is 6.42 Å². The zero-order chi connectivity index (χ0) is 21.4. The summed E-state index contributed by atoms with van der Waals surface area (Å²) in [6.45, 7) is 5.09. The van der Waals surface area contributed by atoms with Gasteiger partial charge in [0.2, 0.25) is 0 Å². The van der Waals surface area contributed by atoms with Gasteiger partial charge in [-0.25, -0.2) is 0 Å². The maximum Gasteiger partial charge on any atom is 0.307 e. The Morgan fingerprint density at radius 2 is 1.43 bits per heavy atom. The highest BCUT2D eigenvalue weighted by atomic mass is 16.5. The van der Waals surface area contributed by atoms with Crippen molar-refractivity contribution >= 4 is 11.9 Å². The molecule has 0 saturated heterocycles. The highest BCUT2D eigenvalue weighted by molar-refractivity contribution is 5.71. The predicted octanol–water partition coefficient (Wildman–Crippen LogP) is 5.42. The summed E-state index contributed by atoms with van der Waals surface area (Å²) in [5, 5.41) is 9.01. The quantitative estimate of drug-likeness (QED) is 0.190. The molecule has 0 bridgehead atoms. The molecule has 0 aromatic carbocycles. The van der Waals surface area contributed by atoms with Crippen LogP contribution in [0.4, 0.5) is 0 Å². The van der Waals surface area contributed by atoms with Crippen LogP contribution in [-0.2, 0) is 14.3 Å². The average molecular weight is 401 g/mol. The number of unbranched alkanes of at least 4 members (excludes halogenated alkanes) is 7. The van der Waals surface area contributed by atoms with E-state index in [1.807, 2.05) is 21.1 Å². The first kappa shape index (κ1) is 26.9. The lowest BCUT2D eigenvalue weighted by atomic mass is 9.96. The highest BCUT2D eigenvalue weighted by Gasteiger charge is 2.24. The first-order chi connectivity index (χ1) is 13.1. The first-order valence-corrected chi connectivity index (χ1v) is 11.4. The summed E-state index contributed by atoms with van der Waals surface area (Å²) in [4.78, 5) is 23.0. The summed E-state index contributed by atoms with van der Waals surface area (Å²) in [6, 6.07) is 0. The summed E-state index contributed by atoms with van der Waals surface area (Å²) in [7, 11) is 5.90. The molecule has 0 saturated carbocycles. The molecule has 0 aliphatic rings. The van der Waals surface area contributed by atoms with Crippen LogP contribution in [0.3, 0.4) is 0 Å². The molecule has 2 unspecified atom stereocenters. The minimum Gasteiger partial charge on any atom is -0.481 e. The highest BCUT2D eigenvalue weighted by Crippen LogP contribution is 2.18. The molecule has 2 atom stereocenters. The molecule has 0 heterocycles. The lowest BCUT2D eigenvalue weighted by Crippen LogP contribution is -2.43. The molecule has 0 spiro atoms. The van der Waals surface area contributed by atoms with Gasteiger partial charge in [-0.15, -0.1) is 0 Å². The maximum atomic E-state index is 12.0. The number of likely N-dealkylation sites (N-methyl/N-ethyl adjacent to an activating group) is 1. The van der Waals surface area contributed by atoms with Crippen LogP contribution in [0.25, 0.3) is 0 Å². The van der Waals surface area contributed by atoms with Gasteiger partial charge in [-0.05, 0) is 12.3 Å². The van der Waals surface area contributed by atoms with Crippen LogP contribution in [0.2, 0.25) is 0 Å². The minimum atomic E-state index is -0.925. The van der Waals surface area contributed by atoms with Crippen LogP contribution in [0.1, 0.15) is 97.3 Å². The second-order valence-corrected chi connectivity index (χ2v) is 9.44. The van der Waals surface area contributed by atoms with Gasteiger partial charge in [0.1, 0.15) is 6.54 Å². The molecule has 28 heavy (non-hydrogen) atoms. The number of carboxylic acids is 1. The minimum absolute atomic E-state index is 0.128. The Labute approximate surface area is 173 Å². The van der Waals surface area contributed by atoms with Crippen molar-refractivity contribution in [3.05, 3.63) is 0 Å². The Kier molecular flexibility index (Phi) is 15.2. The average Bonchev–Trinajstić information content (AvgIpc) is 2.55. The Hall–Kier alpha value is -1.10. The Morgan fingerprint density at radius 1 is 0.893 bits per heavy atom. The summed E-state index contributed by atoms with van der Waals surface area (Å²) in [5.74, 6) is -0.423. The number of carbonyl (C=O) groups excluding carboxylic acids is 1. The summed E-state index contributed by atoms with van der Waals surface area (Å²) in [5.41, 5.74) is 0. The number of carbonyl (C=O) groups is 2. The lowest BCUT2D eigenvalue weighted by molar-refractivity contribution is -0.873. The molecule has 0 fully saturated rings. The van der Waals surface area contributed by atoms with Gasteiger partial charge in [0.25, 0.3) is 0 Å². The van der Waals surface area contributed by atoms with E-state index in [1.54, 1.807) is 0 Å². The van der Waals surface area contributed by atoms with E-state index in [0.717, 1.165) is 25.2 Å². The second-order valence-electron chi connectivity index (χ2n) is 9.44. The van der Waals surface area contributed by atoms with E-state index in [4.69, 9.17) is 9.84 Å². The number of hydrogen-bond acceptors (Lipinski definition) is 3. The fourth-order valence-corrected chi connectivity index (χ4v) is 3.55. The Bertz CT molecular complexity index is 417. The molecule has 166 valence electrons. The van der Waals surface area contributed by atoms with Gasteiger partial charge >= 0.3 is 11.9 Å². The van der Waals surface area contributed by atoms with Crippen molar-refractivity contribution in [1.82, 2.24) is 0 Å². The van der Waals surface area contributed by atoms with Crippen LogP contribution in [0, 0.1) is 5.92 Å². The molecule has 0 rings (SSSR count). The van der Waals surface area contributed by atoms with E-state index in [0.29, 0.717) is 17.4 Å². The van der Waals surface area contributed by atoms with Crippen LogP contribution in [-0.4, -0.2) is 55.3 Å². The van der Waals surface area contributed by atoms with Crippen molar-refractivity contribution in [2.45, 2.75) is 103 Å². The van der Waals surface area contributed by atoms with Crippen molar-refractivity contribution in [1.29, 1.82) is 0 Å². The van der Waals surface area contributed by atoms with Gasteiger partial charge in [0.05, 0.1) is 27.6 Å². The number of quaternary nitrogens is 1. The normalized spacial score (nSPS) is 13.9. The topological polar surface area (TPSA) is 63.6 Å². The van der Waals surface area contributed by atoms with Crippen molar-refractivity contribution in [2.75, 3.05) is 27.7 Å². The number of nitrogens with zero attached hydrogens (tertiary/aromatic N) is 1. The zero-order valence-electron chi connectivity index (χ0n) is 19.2. The first-order valence-electron chi connectivity index (χ1n) is 11.4. The molecule has 0 aliphatic heterocycles. The number of aliphatic carboxylic acids is 1. The van der Waals surface area contributed by atoms with Crippen molar-refractivity contribution < 1.29 is 23.9 Å². The van der Waals surface area contributed by atoms with E-state index in [-0.39, 0.29) is 12.4 Å². The second kappa shape index (κ2) is 15.8. The number of carboxylic acid groups (broad SMARTS) is 1. The molecule has 0 radical (unpaired) electrons. The Balaban J connectivity index is 3.82. The number of ether oxygens (including phenoxy) is 1. The predicted molar refractivity (Wildman–Crippen MR) is 115 cm³/mol. The smallest absolute Gasteiger partial charge is 0.307 e. The third-order valence-corrected chi connectivity index (χ3v) is 5.08. The third kappa shape index (κ3) is 18.3. The number of hydrogen-bond donors (Lipinski definition) is 1. The maximum absolute atomic E-state index is 12.0. The van der Waals surface area contributed by atoms with E-state index in [1.165, 1.54) is 51.4 Å². The summed E-state index contributed by atoms with van der Waals surface area (Å²) >= 11 is 0. The molecule has 0 amide bonds. The standard InChI is InChI=1S/C23H45NO4/c1-6-7-8-9-10-12-15-20(2)16-13-11-14-17-23(27)28-21(18-22(25)26)19-24(3,4)5/h20-21H,6-19H2,1-5H3/p+1. The van der Waals surface area contributed by atoms with Crippen LogP contribution in [0.5, 0.6) is 0 Å². The van der Waals surface area contributed by atoms with Gasteiger partial charge in [-0.1, -0.05) is 78.1 Å². The summed E-state index contributed by atoms with van der Waals surface area (Å²) in [6.07, 6.45) is 13.4. The molecular formula is C23H46NO4+. The molecule has 5 heteroatoms. The SMILES string of the molecule is CCCCCCCCC(C)CCCCCC(=O)OC(CC(=O)O)C[N+](C)(C)C. The fraction of sp³-hybridized carbons (Fsp3) is 0.913. The largest absolute Gasteiger partial charge is 0.481 e. The zero-order valence-corrected chi connectivity index (χ0v) is 19.2. The monoisotopic (exact) mass is 400 g/mol. The Morgan fingerprint density at radius 3 is 1.96 bits per heavy atom. The van der Waals surface area contributed by atoms with Crippen LogP contribution in [0.15, 0.2) is 0 Å². The van der Waals surface area contributed by atoms with Gasteiger partial charge < -0.3 is 14.3 Å². The van der Waals surface area contributed by atoms with Crippen molar-refractivity contribution in [3.8, 4) is 0 Å².